The van der Waals surface area contributed by atoms with Crippen LogP contribution in [-0.4, -0.2) is 39.1 Å². The normalized spacial score (nSPS) is 10.0. The van der Waals surface area contributed by atoms with Gasteiger partial charge in [0, 0.05) is 24.9 Å². The summed E-state index contributed by atoms with van der Waals surface area (Å²) in [4.78, 5) is 36.3. The van der Waals surface area contributed by atoms with Crippen molar-refractivity contribution in [3.8, 4) is 0 Å². The fourth-order valence-corrected chi connectivity index (χ4v) is 2.02. The maximum atomic E-state index is 12.2. The van der Waals surface area contributed by atoms with E-state index in [2.05, 4.69) is 4.74 Å². The number of halogens is 1. The van der Waals surface area contributed by atoms with Gasteiger partial charge in [-0.05, 0) is 24.6 Å². The lowest BCUT2D eigenvalue weighted by molar-refractivity contribution is -0.140. The molecule has 0 radical (unpaired) electrons. The molecule has 6 nitrogen and oxygen atoms in total. The molecular formula is C15H18ClNO5. The summed E-state index contributed by atoms with van der Waals surface area (Å²) in [6.45, 7) is 0. The second-order valence-electron chi connectivity index (χ2n) is 4.54. The van der Waals surface area contributed by atoms with E-state index in [0.717, 1.165) is 0 Å². The molecule has 0 saturated carbocycles. The zero-order valence-corrected chi connectivity index (χ0v) is 13.5. The SMILES string of the molecule is COC(=O)CCCC(=O)N(C)c1cc(Cl)ccc1C(=O)OC. The minimum absolute atomic E-state index is 0.152. The molecule has 0 spiro atoms. The smallest absolute Gasteiger partial charge is 0.339 e. The van der Waals surface area contributed by atoms with Gasteiger partial charge < -0.3 is 14.4 Å². The Kier molecular flexibility index (Phi) is 6.85. The van der Waals surface area contributed by atoms with Gasteiger partial charge in [-0.2, -0.15) is 0 Å². The van der Waals surface area contributed by atoms with Crippen LogP contribution in [0.2, 0.25) is 5.02 Å². The number of hydrogen-bond donors (Lipinski definition) is 0. The summed E-state index contributed by atoms with van der Waals surface area (Å²) in [5, 5.41) is 0.400. The Morgan fingerprint density at radius 3 is 2.41 bits per heavy atom. The summed E-state index contributed by atoms with van der Waals surface area (Å²) in [6, 6.07) is 4.57. The molecule has 0 aliphatic rings. The van der Waals surface area contributed by atoms with Gasteiger partial charge in [-0.15, -0.1) is 0 Å². The van der Waals surface area contributed by atoms with Gasteiger partial charge >= 0.3 is 11.9 Å². The average Bonchev–Trinajstić information content (AvgIpc) is 2.52. The lowest BCUT2D eigenvalue weighted by atomic mass is 10.1. The number of benzene rings is 1. The summed E-state index contributed by atoms with van der Waals surface area (Å²) < 4.78 is 9.21. The van der Waals surface area contributed by atoms with Crippen LogP contribution in [0.25, 0.3) is 0 Å². The Bertz CT molecular complexity index is 573. The molecule has 1 aromatic carbocycles. The van der Waals surface area contributed by atoms with Crippen molar-refractivity contribution in [2.24, 2.45) is 0 Å². The van der Waals surface area contributed by atoms with Gasteiger partial charge in [-0.3, -0.25) is 9.59 Å². The molecule has 0 aliphatic carbocycles. The molecule has 0 unspecified atom stereocenters. The van der Waals surface area contributed by atoms with Gasteiger partial charge in [0.15, 0.2) is 0 Å². The van der Waals surface area contributed by atoms with E-state index in [1.165, 1.54) is 31.3 Å². The van der Waals surface area contributed by atoms with Crippen LogP contribution in [-0.2, 0) is 19.1 Å². The molecule has 1 aromatic rings. The van der Waals surface area contributed by atoms with Gasteiger partial charge in [-0.1, -0.05) is 11.6 Å². The molecule has 0 aromatic heterocycles. The van der Waals surface area contributed by atoms with Crippen molar-refractivity contribution in [3.63, 3.8) is 0 Å². The van der Waals surface area contributed by atoms with Crippen LogP contribution in [0.4, 0.5) is 5.69 Å². The molecule has 0 atom stereocenters. The molecule has 0 bridgehead atoms. The Balaban J connectivity index is 2.85. The van der Waals surface area contributed by atoms with E-state index in [9.17, 15) is 14.4 Å². The maximum Gasteiger partial charge on any atom is 0.339 e. The number of amides is 1. The molecule has 0 aliphatic heterocycles. The number of hydrogen-bond acceptors (Lipinski definition) is 5. The van der Waals surface area contributed by atoms with Crippen molar-refractivity contribution < 1.29 is 23.9 Å². The highest BCUT2D eigenvalue weighted by molar-refractivity contribution is 6.31. The minimum Gasteiger partial charge on any atom is -0.469 e. The van der Waals surface area contributed by atoms with Crippen LogP contribution >= 0.6 is 11.6 Å². The first kappa shape index (κ1) is 18.0. The van der Waals surface area contributed by atoms with E-state index in [4.69, 9.17) is 16.3 Å². The maximum absolute atomic E-state index is 12.2. The molecule has 0 saturated heterocycles. The zero-order valence-electron chi connectivity index (χ0n) is 12.7. The Morgan fingerprint density at radius 1 is 1.14 bits per heavy atom. The Hall–Kier alpha value is -2.08. The summed E-state index contributed by atoms with van der Waals surface area (Å²) in [7, 11) is 4.10. The lowest BCUT2D eigenvalue weighted by Crippen LogP contribution is -2.28. The number of anilines is 1. The van der Waals surface area contributed by atoms with Crippen LogP contribution in [0.5, 0.6) is 0 Å². The summed E-state index contributed by atoms with van der Waals surface area (Å²) in [6.07, 6.45) is 0.679. The number of esters is 2. The lowest BCUT2D eigenvalue weighted by Gasteiger charge is -2.20. The molecular weight excluding hydrogens is 310 g/mol. The first-order valence-electron chi connectivity index (χ1n) is 6.62. The largest absolute Gasteiger partial charge is 0.469 e. The third-order valence-electron chi connectivity index (χ3n) is 3.10. The summed E-state index contributed by atoms with van der Waals surface area (Å²) in [5.74, 6) is -1.16. The molecule has 0 N–H and O–H groups in total. The summed E-state index contributed by atoms with van der Waals surface area (Å²) in [5.41, 5.74) is 0.609. The number of rotatable bonds is 6. The third-order valence-corrected chi connectivity index (χ3v) is 3.33. The molecule has 0 fully saturated rings. The van der Waals surface area contributed by atoms with Gasteiger partial charge in [0.1, 0.15) is 0 Å². The van der Waals surface area contributed by atoms with Crippen molar-refractivity contribution in [1.29, 1.82) is 0 Å². The van der Waals surface area contributed by atoms with E-state index < -0.39 is 5.97 Å². The third kappa shape index (κ3) is 4.73. The van der Waals surface area contributed by atoms with Crippen LogP contribution in [0.3, 0.4) is 0 Å². The minimum atomic E-state index is -0.555. The van der Waals surface area contributed by atoms with E-state index >= 15 is 0 Å². The fourth-order valence-electron chi connectivity index (χ4n) is 1.85. The van der Waals surface area contributed by atoms with Gasteiger partial charge in [0.05, 0.1) is 25.5 Å². The van der Waals surface area contributed by atoms with Crippen molar-refractivity contribution in [3.05, 3.63) is 28.8 Å². The number of ether oxygens (including phenoxy) is 2. The molecule has 0 heterocycles. The molecule has 7 heteroatoms. The monoisotopic (exact) mass is 327 g/mol. The van der Waals surface area contributed by atoms with Gasteiger partial charge in [0.2, 0.25) is 5.91 Å². The quantitative estimate of drug-likeness (QED) is 0.750. The average molecular weight is 328 g/mol. The molecule has 1 amide bonds. The predicted octanol–water partition coefficient (Wildman–Crippen LogP) is 2.43. The van der Waals surface area contributed by atoms with E-state index in [-0.39, 0.29) is 30.3 Å². The summed E-state index contributed by atoms with van der Waals surface area (Å²) >= 11 is 5.93. The topological polar surface area (TPSA) is 72.9 Å². The van der Waals surface area contributed by atoms with Crippen LogP contribution in [0.1, 0.15) is 29.6 Å². The number of methoxy groups -OCH3 is 2. The Morgan fingerprint density at radius 2 is 1.82 bits per heavy atom. The Labute approximate surface area is 133 Å². The van der Waals surface area contributed by atoms with Crippen LogP contribution in [0, 0.1) is 0 Å². The van der Waals surface area contributed by atoms with Gasteiger partial charge in [0.25, 0.3) is 0 Å². The van der Waals surface area contributed by atoms with Crippen LogP contribution in [0.15, 0.2) is 18.2 Å². The predicted molar refractivity (Wildman–Crippen MR) is 82.1 cm³/mol. The van der Waals surface area contributed by atoms with E-state index in [1.54, 1.807) is 13.1 Å². The van der Waals surface area contributed by atoms with Crippen molar-refractivity contribution >= 4 is 35.1 Å². The fraction of sp³-hybridized carbons (Fsp3) is 0.400. The van der Waals surface area contributed by atoms with Crippen molar-refractivity contribution in [2.45, 2.75) is 19.3 Å². The van der Waals surface area contributed by atoms with Crippen molar-refractivity contribution in [1.82, 2.24) is 0 Å². The highest BCUT2D eigenvalue weighted by Crippen LogP contribution is 2.25. The molecule has 22 heavy (non-hydrogen) atoms. The van der Waals surface area contributed by atoms with E-state index in [1.807, 2.05) is 0 Å². The molecule has 1 rings (SSSR count). The van der Waals surface area contributed by atoms with Crippen molar-refractivity contribution in [2.75, 3.05) is 26.2 Å². The highest BCUT2D eigenvalue weighted by Gasteiger charge is 2.19. The van der Waals surface area contributed by atoms with E-state index in [0.29, 0.717) is 17.1 Å². The van der Waals surface area contributed by atoms with Gasteiger partial charge in [-0.25, -0.2) is 4.79 Å². The first-order valence-corrected chi connectivity index (χ1v) is 6.99. The zero-order chi connectivity index (χ0) is 16.7. The number of nitrogens with zero attached hydrogens (tertiary/aromatic N) is 1. The second kappa shape index (κ2) is 8.38. The molecule has 120 valence electrons. The highest BCUT2D eigenvalue weighted by atomic mass is 35.5. The second-order valence-corrected chi connectivity index (χ2v) is 4.97. The standard InChI is InChI=1S/C15H18ClNO5/c1-17(13(18)5-4-6-14(19)21-2)12-9-10(16)7-8-11(12)15(20)22-3/h7-9H,4-6H2,1-3H3. The first-order chi connectivity index (χ1) is 10.4. The van der Waals surface area contributed by atoms with Crippen LogP contribution < -0.4 is 4.90 Å². The number of carbonyl (C=O) groups is 3. The number of carbonyl (C=O) groups excluding carboxylic acids is 3.